The van der Waals surface area contributed by atoms with Crippen molar-refractivity contribution in [2.24, 2.45) is 0 Å². The summed E-state index contributed by atoms with van der Waals surface area (Å²) in [5.74, 6) is 1.23. The van der Waals surface area contributed by atoms with Gasteiger partial charge in [0.15, 0.2) is 17.5 Å². The van der Waals surface area contributed by atoms with Gasteiger partial charge in [0.25, 0.3) is 0 Å². The average Bonchev–Trinajstić information content (AvgIpc) is 3.79. The Bertz CT molecular complexity index is 4100. The van der Waals surface area contributed by atoms with Gasteiger partial charge < -0.3 is 0 Å². The zero-order chi connectivity index (χ0) is 47.8. The van der Waals surface area contributed by atoms with Crippen molar-refractivity contribution in [1.29, 1.82) is 0 Å². The minimum absolute atomic E-state index is 0.0534. The van der Waals surface area contributed by atoms with Crippen LogP contribution in [0.1, 0.15) is 9.60 Å². The maximum absolute atomic E-state index is 9.58. The minimum Gasteiger partial charge on any atom is -0.208 e. The number of aromatic nitrogens is 3. The third-order valence-electron chi connectivity index (χ3n) is 11.5. The predicted octanol–water partition coefficient (Wildman–Crippen LogP) is 16.2. The van der Waals surface area contributed by atoms with Gasteiger partial charge in [-0.25, -0.2) is 15.0 Å². The Morgan fingerprint density at radius 2 is 0.889 bits per heavy atom. The van der Waals surface area contributed by atoms with Crippen LogP contribution < -0.4 is 0 Å². The van der Waals surface area contributed by atoms with Crippen molar-refractivity contribution in [1.82, 2.24) is 15.0 Å². The fourth-order valence-corrected chi connectivity index (χ4v) is 9.48. The van der Waals surface area contributed by atoms with E-state index in [1.807, 2.05) is 91.0 Å². The highest BCUT2D eigenvalue weighted by molar-refractivity contribution is 7.25. The van der Waals surface area contributed by atoms with E-state index in [1.54, 1.807) is 17.4 Å². The first-order valence-electron chi connectivity index (χ1n) is 24.2. The summed E-state index contributed by atoms with van der Waals surface area (Å²) in [5, 5.41) is 4.00. The molecule has 0 fully saturated rings. The molecule has 294 valence electrons. The van der Waals surface area contributed by atoms with Crippen LogP contribution in [0.15, 0.2) is 224 Å². The molecule has 2 aromatic heterocycles. The molecular weight excluding hydrogens is 783 g/mol. The van der Waals surface area contributed by atoms with Crippen molar-refractivity contribution < 1.29 is 9.60 Å². The number of hydrogen-bond acceptors (Lipinski definition) is 4. The van der Waals surface area contributed by atoms with Crippen LogP contribution in [0, 0.1) is 0 Å². The third-order valence-corrected chi connectivity index (χ3v) is 12.7. The number of rotatable bonds is 7. The number of thiophene rings is 1. The van der Waals surface area contributed by atoms with Gasteiger partial charge in [0.2, 0.25) is 0 Å². The summed E-state index contributed by atoms with van der Waals surface area (Å²) in [5.41, 5.74) is 8.30. The molecular formula is C59H37N3S. The van der Waals surface area contributed by atoms with Crippen molar-refractivity contribution in [2.75, 3.05) is 0 Å². The average molecular weight is 827 g/mol. The molecule has 12 aromatic rings. The van der Waals surface area contributed by atoms with E-state index in [0.29, 0.717) is 28.6 Å². The lowest BCUT2D eigenvalue weighted by Gasteiger charge is -2.14. The van der Waals surface area contributed by atoms with Gasteiger partial charge in [-0.2, -0.15) is 0 Å². The summed E-state index contributed by atoms with van der Waals surface area (Å²) in [4.78, 5) is 15.7. The lowest BCUT2D eigenvalue weighted by Crippen LogP contribution is -2.01. The van der Waals surface area contributed by atoms with E-state index in [0.717, 1.165) is 70.8 Å². The Balaban J connectivity index is 1.12. The number of fused-ring (bicyclic) bond motifs is 5. The quantitative estimate of drug-likeness (QED) is 0.161. The smallest absolute Gasteiger partial charge is 0.164 e. The lowest BCUT2D eigenvalue weighted by molar-refractivity contribution is 1.08. The molecule has 0 aliphatic carbocycles. The van der Waals surface area contributed by atoms with Gasteiger partial charge in [0, 0.05) is 36.9 Å². The van der Waals surface area contributed by atoms with Crippen LogP contribution in [0.25, 0.3) is 120 Å². The molecule has 3 nitrogen and oxygen atoms in total. The van der Waals surface area contributed by atoms with Gasteiger partial charge in [-0.15, -0.1) is 11.3 Å². The molecule has 63 heavy (non-hydrogen) atoms. The molecule has 0 radical (unpaired) electrons. The topological polar surface area (TPSA) is 38.7 Å². The zero-order valence-corrected chi connectivity index (χ0v) is 34.4. The van der Waals surface area contributed by atoms with Gasteiger partial charge >= 0.3 is 0 Å². The molecule has 0 amide bonds. The second-order valence-electron chi connectivity index (χ2n) is 15.5. The van der Waals surface area contributed by atoms with Crippen LogP contribution in [-0.4, -0.2) is 15.0 Å². The Hall–Kier alpha value is -8.05. The molecule has 4 heteroatoms. The van der Waals surface area contributed by atoms with Crippen LogP contribution in [0.3, 0.4) is 0 Å². The van der Waals surface area contributed by atoms with Crippen molar-refractivity contribution in [3.63, 3.8) is 0 Å². The number of hydrogen-bond donors (Lipinski definition) is 0. The summed E-state index contributed by atoms with van der Waals surface area (Å²) in [6, 6.07) is 58.3. The third kappa shape index (κ3) is 6.93. The monoisotopic (exact) mass is 826 g/mol. The van der Waals surface area contributed by atoms with E-state index < -0.39 is 30.2 Å². The molecule has 0 saturated carbocycles. The van der Waals surface area contributed by atoms with Gasteiger partial charge in [-0.05, 0) is 127 Å². The SMILES string of the molecule is [2H]c1c([2H])c([2H])c2c([2H])c(-c3cc(-c4ccc5cc(-c6ccccc6)ccc5c4)cc(-c4nc(-c5ccc6sc7ccccc7c6c5)nc(-c5ccccc5-c5ccccc5)n4)c3)c([2H])c([2H])c2c1[2H]. The maximum Gasteiger partial charge on any atom is 0.164 e. The largest absolute Gasteiger partial charge is 0.208 e. The summed E-state index contributed by atoms with van der Waals surface area (Å²) in [7, 11) is 0. The van der Waals surface area contributed by atoms with Crippen LogP contribution in [-0.2, 0) is 0 Å². The first-order valence-corrected chi connectivity index (χ1v) is 21.5. The molecule has 0 atom stereocenters. The van der Waals surface area contributed by atoms with Crippen molar-refractivity contribution in [3.05, 3.63) is 224 Å². The normalized spacial score (nSPS) is 13.0. The van der Waals surface area contributed by atoms with E-state index in [9.17, 15) is 2.74 Å². The number of nitrogens with zero attached hydrogens (tertiary/aromatic N) is 3. The standard InChI is InChI=1S/C59H37N3S/c1-3-13-38(14-4-1)42-25-26-44-33-46(28-27-43(44)32-42)49-34-48(45-24-23-39-15-7-8-18-41(39)31-45)35-50(36-49)58-60-57(47-29-30-56-54(37-47)52-20-11-12-22-55(52)63-56)61-59(62-58)53-21-10-9-19-51(53)40-16-5-2-6-17-40/h1-37H/i7D,8D,15D,18D,23D,24D,31D. The molecule has 12 rings (SSSR count). The highest BCUT2D eigenvalue weighted by Gasteiger charge is 2.18. The highest BCUT2D eigenvalue weighted by atomic mass is 32.1. The van der Waals surface area contributed by atoms with Gasteiger partial charge in [-0.1, -0.05) is 164 Å². The molecule has 10 aromatic carbocycles. The Morgan fingerprint density at radius 1 is 0.317 bits per heavy atom. The Labute approximate surface area is 379 Å². The summed E-state index contributed by atoms with van der Waals surface area (Å²) in [6.07, 6.45) is 0. The first kappa shape index (κ1) is 30.1. The molecule has 0 N–H and O–H groups in total. The Morgan fingerprint density at radius 3 is 1.67 bits per heavy atom. The van der Waals surface area contributed by atoms with Crippen LogP contribution in [0.2, 0.25) is 0 Å². The predicted molar refractivity (Wildman–Crippen MR) is 266 cm³/mol. The summed E-state index contributed by atoms with van der Waals surface area (Å²) in [6.45, 7) is 0. The fourth-order valence-electron chi connectivity index (χ4n) is 8.40. The van der Waals surface area contributed by atoms with E-state index in [4.69, 9.17) is 21.8 Å². The molecule has 0 spiro atoms. The van der Waals surface area contributed by atoms with Crippen molar-refractivity contribution >= 4 is 53.1 Å². The second-order valence-corrected chi connectivity index (χ2v) is 16.6. The molecule has 2 heterocycles. The van der Waals surface area contributed by atoms with E-state index in [1.165, 1.54) is 4.70 Å². The van der Waals surface area contributed by atoms with Gasteiger partial charge in [-0.3, -0.25) is 0 Å². The van der Waals surface area contributed by atoms with Gasteiger partial charge in [0.05, 0.1) is 9.60 Å². The first-order chi connectivity index (χ1) is 34.1. The van der Waals surface area contributed by atoms with Gasteiger partial charge in [0.1, 0.15) is 0 Å². The Kier molecular flexibility index (Phi) is 7.37. The van der Waals surface area contributed by atoms with E-state index in [2.05, 4.69) is 84.9 Å². The minimum atomic E-state index is -0.518. The molecule has 0 bridgehead atoms. The van der Waals surface area contributed by atoms with E-state index in [-0.39, 0.29) is 28.4 Å². The maximum atomic E-state index is 9.58. The van der Waals surface area contributed by atoms with Crippen LogP contribution in [0.4, 0.5) is 0 Å². The molecule has 0 aliphatic heterocycles. The summed E-state index contributed by atoms with van der Waals surface area (Å²) < 4.78 is 64.9. The van der Waals surface area contributed by atoms with Crippen LogP contribution in [0.5, 0.6) is 0 Å². The zero-order valence-electron chi connectivity index (χ0n) is 40.6. The van der Waals surface area contributed by atoms with Crippen molar-refractivity contribution in [2.45, 2.75) is 0 Å². The van der Waals surface area contributed by atoms with Crippen molar-refractivity contribution in [3.8, 4) is 78.7 Å². The highest BCUT2D eigenvalue weighted by Crippen LogP contribution is 2.39. The molecule has 0 unspecified atom stereocenters. The van der Waals surface area contributed by atoms with E-state index >= 15 is 0 Å². The number of benzene rings is 10. The lowest BCUT2D eigenvalue weighted by atomic mass is 9.93. The fraction of sp³-hybridized carbons (Fsp3) is 0. The molecule has 0 saturated heterocycles. The summed E-state index contributed by atoms with van der Waals surface area (Å²) >= 11 is 1.73. The van der Waals surface area contributed by atoms with Crippen LogP contribution >= 0.6 is 11.3 Å². The molecule has 0 aliphatic rings. The second kappa shape index (κ2) is 15.4.